The maximum absolute atomic E-state index is 2.17. The van der Waals surface area contributed by atoms with E-state index in [0.29, 0.717) is 0 Å². The van der Waals surface area contributed by atoms with Crippen LogP contribution in [0.4, 0.5) is 0 Å². The van der Waals surface area contributed by atoms with E-state index in [1.807, 2.05) is 0 Å². The number of hydrogen-bond donors (Lipinski definition) is 0. The number of hydrogen-bond acceptors (Lipinski definition) is 0. The molecule has 0 spiro atoms. The van der Waals surface area contributed by atoms with Gasteiger partial charge in [-0.1, -0.05) is 208 Å². The Balaban J connectivity index is 0.000000210. The molecule has 6 aromatic rings. The molecule has 0 atom stereocenters. The zero-order valence-electron chi connectivity index (χ0n) is 22.5. The van der Waals surface area contributed by atoms with Gasteiger partial charge in [0.25, 0.3) is 0 Å². The minimum absolute atomic E-state index is 0. The Bertz CT molecular complexity index is 1140. The molecule has 208 valence electrons. The molecule has 41 heavy (non-hydrogen) atoms. The van der Waals surface area contributed by atoms with Crippen LogP contribution in [0.15, 0.2) is 182 Å². The molecule has 6 aromatic carbocycles. The third-order valence-electron chi connectivity index (χ3n) is 5.51. The molecule has 0 N–H and O–H groups in total. The Kier molecular flexibility index (Phi) is 18.0. The zero-order chi connectivity index (χ0) is 26.8. The summed E-state index contributed by atoms with van der Waals surface area (Å²) < 4.78 is 0. The molecule has 0 aliphatic heterocycles. The first-order chi connectivity index (χ1) is 19.3. The first-order valence-corrected chi connectivity index (χ1v) is 16.0. The molecule has 5 heteroatoms. The van der Waals surface area contributed by atoms with E-state index in [9.17, 15) is 0 Å². The summed E-state index contributed by atoms with van der Waals surface area (Å²) in [5.74, 6) is 0. The summed E-state index contributed by atoms with van der Waals surface area (Å²) in [5.41, 5.74) is 0. The average molecular weight is 697 g/mol. The molecule has 0 saturated heterocycles. The standard InChI is InChI=1S/3C12H11P.ClH.Rh/c3*1-3-7-11(8-4-1)13-12-9-5-2-6-10-12;;/h3*1-10,13H;1H;/q;;;;+1/p-1. The van der Waals surface area contributed by atoms with Crippen LogP contribution in [0.3, 0.4) is 0 Å². The van der Waals surface area contributed by atoms with Crippen molar-refractivity contribution in [3.05, 3.63) is 182 Å². The van der Waals surface area contributed by atoms with Crippen LogP contribution in [0, 0.1) is 0 Å². The van der Waals surface area contributed by atoms with E-state index < -0.39 is 0 Å². The van der Waals surface area contributed by atoms with E-state index in [4.69, 9.17) is 0 Å². The van der Waals surface area contributed by atoms with E-state index in [1.165, 1.54) is 31.8 Å². The van der Waals surface area contributed by atoms with Crippen LogP contribution in [0.2, 0.25) is 0 Å². The van der Waals surface area contributed by atoms with Gasteiger partial charge in [-0.15, -0.1) is 0 Å². The normalized spacial score (nSPS) is 9.37. The van der Waals surface area contributed by atoms with Crippen molar-refractivity contribution < 1.29 is 31.9 Å². The molecular weight excluding hydrogens is 664 g/mol. The zero-order valence-corrected chi connectivity index (χ0v) is 27.9. The molecule has 0 radical (unpaired) electrons. The molecule has 0 saturated carbocycles. The van der Waals surface area contributed by atoms with Crippen LogP contribution < -0.4 is 44.2 Å². The molecule has 0 heterocycles. The molecule has 0 nitrogen and oxygen atoms in total. The van der Waals surface area contributed by atoms with Crippen LogP contribution in [0.5, 0.6) is 0 Å². The summed E-state index contributed by atoms with van der Waals surface area (Å²) in [6, 6.07) is 63.5. The monoisotopic (exact) mass is 696 g/mol. The first kappa shape index (κ1) is 34.7. The minimum atomic E-state index is 0. The molecule has 0 unspecified atom stereocenters. The SMILES string of the molecule is [Cl-].[Rh+].c1ccc(Pc2ccccc2)cc1.c1ccc(Pc2ccccc2)cc1.c1ccc(Pc2ccccc2)cc1. The maximum atomic E-state index is 2.17. The summed E-state index contributed by atoms with van der Waals surface area (Å²) in [6.45, 7) is 0. The van der Waals surface area contributed by atoms with E-state index in [0.717, 1.165) is 25.7 Å². The third kappa shape index (κ3) is 14.3. The van der Waals surface area contributed by atoms with Crippen molar-refractivity contribution in [1.82, 2.24) is 0 Å². The van der Waals surface area contributed by atoms with Gasteiger partial charge in [-0.05, 0) is 31.8 Å². The van der Waals surface area contributed by atoms with Crippen molar-refractivity contribution in [1.29, 1.82) is 0 Å². The topological polar surface area (TPSA) is 0 Å². The van der Waals surface area contributed by atoms with E-state index in [2.05, 4.69) is 182 Å². The molecule has 6 rings (SSSR count). The van der Waals surface area contributed by atoms with Crippen LogP contribution in [-0.2, 0) is 19.5 Å². The van der Waals surface area contributed by atoms with E-state index in [-0.39, 0.29) is 31.9 Å². The fourth-order valence-corrected chi connectivity index (χ4v) is 6.78. The number of benzene rings is 6. The Hall–Kier alpha value is -2.48. The second-order valence-electron chi connectivity index (χ2n) is 8.57. The summed E-state index contributed by atoms with van der Waals surface area (Å²) >= 11 is 0. The molecule has 0 amide bonds. The number of rotatable bonds is 6. The Morgan fingerprint density at radius 1 is 0.220 bits per heavy atom. The van der Waals surface area contributed by atoms with Gasteiger partial charge < -0.3 is 12.4 Å². The van der Waals surface area contributed by atoms with Gasteiger partial charge in [0.15, 0.2) is 0 Å². The van der Waals surface area contributed by atoms with E-state index in [1.54, 1.807) is 0 Å². The average Bonchev–Trinajstić information content (AvgIpc) is 3.01. The third-order valence-corrected chi connectivity index (χ3v) is 9.24. The fourth-order valence-electron chi connectivity index (χ4n) is 3.63. The summed E-state index contributed by atoms with van der Waals surface area (Å²) in [6.07, 6.45) is 0. The summed E-state index contributed by atoms with van der Waals surface area (Å²) in [7, 11) is 2.33. The van der Waals surface area contributed by atoms with Crippen molar-refractivity contribution in [2.45, 2.75) is 0 Å². The fraction of sp³-hybridized carbons (Fsp3) is 0. The molecule has 0 aliphatic rings. The van der Waals surface area contributed by atoms with Crippen LogP contribution in [0.25, 0.3) is 0 Å². The van der Waals surface area contributed by atoms with Crippen LogP contribution >= 0.6 is 25.7 Å². The van der Waals surface area contributed by atoms with Crippen molar-refractivity contribution in [3.63, 3.8) is 0 Å². The maximum Gasteiger partial charge on any atom is 1.00 e. The van der Waals surface area contributed by atoms with Gasteiger partial charge in [0.05, 0.1) is 0 Å². The molecule has 0 bridgehead atoms. The van der Waals surface area contributed by atoms with Crippen molar-refractivity contribution in [2.75, 3.05) is 0 Å². The second kappa shape index (κ2) is 21.3. The summed E-state index contributed by atoms with van der Waals surface area (Å²) in [5, 5.41) is 8.38. The van der Waals surface area contributed by atoms with Crippen molar-refractivity contribution in [3.8, 4) is 0 Å². The van der Waals surface area contributed by atoms with Gasteiger partial charge in [0, 0.05) is 0 Å². The van der Waals surface area contributed by atoms with Crippen molar-refractivity contribution in [2.24, 2.45) is 0 Å². The molecule has 0 aliphatic carbocycles. The minimum Gasteiger partial charge on any atom is -1.00 e. The summed E-state index contributed by atoms with van der Waals surface area (Å²) in [4.78, 5) is 0. The van der Waals surface area contributed by atoms with Gasteiger partial charge in [-0.25, -0.2) is 0 Å². The Morgan fingerprint density at radius 3 is 0.463 bits per heavy atom. The number of halogens is 1. The molecule has 0 fully saturated rings. The van der Waals surface area contributed by atoms with Gasteiger partial charge in [0.2, 0.25) is 0 Å². The van der Waals surface area contributed by atoms with Gasteiger partial charge in [-0.3, -0.25) is 0 Å². The quantitative estimate of drug-likeness (QED) is 0.183. The Labute approximate surface area is 270 Å². The van der Waals surface area contributed by atoms with Crippen LogP contribution in [0.1, 0.15) is 0 Å². The van der Waals surface area contributed by atoms with E-state index >= 15 is 0 Å². The predicted octanol–water partition coefficient (Wildman–Crippen LogP) is 3.95. The largest absolute Gasteiger partial charge is 1.00 e. The predicted molar refractivity (Wildman–Crippen MR) is 181 cm³/mol. The smallest absolute Gasteiger partial charge is 1.00 e. The van der Waals surface area contributed by atoms with Gasteiger partial charge >= 0.3 is 19.5 Å². The molecule has 0 aromatic heterocycles. The van der Waals surface area contributed by atoms with Crippen LogP contribution in [-0.4, -0.2) is 0 Å². The Morgan fingerprint density at radius 2 is 0.341 bits per heavy atom. The first-order valence-electron chi connectivity index (χ1n) is 13.0. The molecular formula is C36H33ClP3Rh. The van der Waals surface area contributed by atoms with Crippen molar-refractivity contribution >= 4 is 57.6 Å². The van der Waals surface area contributed by atoms with Gasteiger partial charge in [-0.2, -0.15) is 0 Å². The second-order valence-corrected chi connectivity index (χ2v) is 12.8. The van der Waals surface area contributed by atoms with Gasteiger partial charge in [0.1, 0.15) is 0 Å².